The number of hydrogen-bond acceptors (Lipinski definition) is 3. The third-order valence-electron chi connectivity index (χ3n) is 4.76. The number of rotatable bonds is 3. The Morgan fingerprint density at radius 2 is 1.76 bits per heavy atom. The molecule has 4 heteroatoms. The van der Waals surface area contributed by atoms with Crippen LogP contribution >= 0.6 is 0 Å². The Labute approximate surface area is 105 Å². The highest BCUT2D eigenvalue weighted by molar-refractivity contribution is 7.91. The second kappa shape index (κ2) is 5.27. The van der Waals surface area contributed by atoms with Gasteiger partial charge in [-0.15, -0.1) is 0 Å². The van der Waals surface area contributed by atoms with E-state index in [-0.39, 0.29) is 0 Å². The summed E-state index contributed by atoms with van der Waals surface area (Å²) < 4.78 is 22.7. The summed E-state index contributed by atoms with van der Waals surface area (Å²) in [6, 6.07) is 1.05. The molecule has 3 atom stereocenters. The minimum absolute atomic E-state index is 0.378. The third kappa shape index (κ3) is 3.22. The van der Waals surface area contributed by atoms with E-state index in [0.717, 1.165) is 24.7 Å². The molecule has 0 bridgehead atoms. The van der Waals surface area contributed by atoms with Gasteiger partial charge in [0, 0.05) is 12.1 Å². The van der Waals surface area contributed by atoms with Crippen molar-refractivity contribution in [3.8, 4) is 0 Å². The highest BCUT2D eigenvalue weighted by Gasteiger charge is 2.34. The van der Waals surface area contributed by atoms with Gasteiger partial charge in [-0.1, -0.05) is 20.3 Å². The molecule has 1 aliphatic heterocycles. The lowest BCUT2D eigenvalue weighted by molar-refractivity contribution is 0.311. The Morgan fingerprint density at radius 1 is 1.12 bits per heavy atom. The van der Waals surface area contributed by atoms with Crippen molar-refractivity contribution in [1.82, 2.24) is 5.32 Å². The zero-order valence-electron chi connectivity index (χ0n) is 11.0. The summed E-state index contributed by atoms with van der Waals surface area (Å²) in [4.78, 5) is 0. The van der Waals surface area contributed by atoms with E-state index >= 15 is 0 Å². The summed E-state index contributed by atoms with van der Waals surface area (Å²) in [6.45, 7) is 4.62. The van der Waals surface area contributed by atoms with Crippen LogP contribution in [0.25, 0.3) is 0 Å². The van der Waals surface area contributed by atoms with Gasteiger partial charge in [0.05, 0.1) is 11.5 Å². The molecule has 0 aromatic carbocycles. The van der Waals surface area contributed by atoms with E-state index in [0.29, 0.717) is 23.6 Å². The van der Waals surface area contributed by atoms with Gasteiger partial charge in [-0.05, 0) is 37.5 Å². The number of hydrogen-bond donors (Lipinski definition) is 1. The van der Waals surface area contributed by atoms with Crippen LogP contribution in [0, 0.1) is 11.8 Å². The topological polar surface area (TPSA) is 46.2 Å². The van der Waals surface area contributed by atoms with Gasteiger partial charge in [0.1, 0.15) is 9.84 Å². The molecule has 1 aliphatic carbocycles. The quantitative estimate of drug-likeness (QED) is 0.843. The smallest absolute Gasteiger partial charge is 0.150 e. The minimum Gasteiger partial charge on any atom is -0.311 e. The molecule has 1 saturated heterocycles. The van der Waals surface area contributed by atoms with E-state index in [1.54, 1.807) is 0 Å². The molecule has 2 fully saturated rings. The summed E-state index contributed by atoms with van der Waals surface area (Å²) in [5.41, 5.74) is 0. The molecular formula is C13H25NO2S. The van der Waals surface area contributed by atoms with Crippen molar-refractivity contribution in [1.29, 1.82) is 0 Å². The molecule has 1 N–H and O–H groups in total. The van der Waals surface area contributed by atoms with E-state index < -0.39 is 9.84 Å². The Kier molecular flexibility index (Phi) is 4.14. The van der Waals surface area contributed by atoms with Crippen LogP contribution in [-0.4, -0.2) is 32.0 Å². The predicted molar refractivity (Wildman–Crippen MR) is 70.8 cm³/mol. The van der Waals surface area contributed by atoms with Gasteiger partial charge < -0.3 is 5.32 Å². The van der Waals surface area contributed by atoms with Crippen LogP contribution in [0.15, 0.2) is 0 Å². The molecule has 1 saturated carbocycles. The fourth-order valence-electron chi connectivity index (χ4n) is 3.42. The highest BCUT2D eigenvalue weighted by Crippen LogP contribution is 2.34. The van der Waals surface area contributed by atoms with Gasteiger partial charge in [0.2, 0.25) is 0 Å². The second-order valence-corrected chi connectivity index (χ2v) is 8.11. The first-order valence-electron chi connectivity index (χ1n) is 6.98. The lowest BCUT2D eigenvalue weighted by Crippen LogP contribution is -2.44. The third-order valence-corrected chi connectivity index (χ3v) is 6.47. The largest absolute Gasteiger partial charge is 0.311 e. The van der Waals surface area contributed by atoms with Crippen molar-refractivity contribution in [3.05, 3.63) is 0 Å². The molecule has 2 rings (SSSR count). The van der Waals surface area contributed by atoms with Crippen molar-refractivity contribution in [2.45, 2.75) is 58.0 Å². The first-order valence-corrected chi connectivity index (χ1v) is 8.80. The Hall–Kier alpha value is -0.0900. The maximum absolute atomic E-state index is 11.4. The first-order chi connectivity index (χ1) is 8.02. The average Bonchev–Trinajstić information content (AvgIpc) is 2.63. The van der Waals surface area contributed by atoms with Crippen LogP contribution in [0.5, 0.6) is 0 Å². The Balaban J connectivity index is 1.83. The standard InChI is InChI=1S/C13H25NO2S/c1-3-11-4-5-13(10(11)2)14-12-6-8-17(15,16)9-7-12/h10-14H,3-9H2,1-2H3. The highest BCUT2D eigenvalue weighted by atomic mass is 32.2. The van der Waals surface area contributed by atoms with Crippen molar-refractivity contribution < 1.29 is 8.42 Å². The van der Waals surface area contributed by atoms with Crippen LogP contribution in [0.3, 0.4) is 0 Å². The van der Waals surface area contributed by atoms with Gasteiger partial charge in [-0.3, -0.25) is 0 Å². The fraction of sp³-hybridized carbons (Fsp3) is 1.00. The average molecular weight is 259 g/mol. The Morgan fingerprint density at radius 3 is 2.29 bits per heavy atom. The van der Waals surface area contributed by atoms with Gasteiger partial charge in [-0.2, -0.15) is 0 Å². The molecule has 0 aromatic heterocycles. The van der Waals surface area contributed by atoms with Crippen LogP contribution in [0.2, 0.25) is 0 Å². The SMILES string of the molecule is CCC1CCC(NC2CCS(=O)(=O)CC2)C1C. The predicted octanol–water partition coefficient (Wildman–Crippen LogP) is 1.98. The van der Waals surface area contributed by atoms with Crippen LogP contribution in [-0.2, 0) is 9.84 Å². The van der Waals surface area contributed by atoms with Crippen molar-refractivity contribution >= 4 is 9.84 Å². The summed E-state index contributed by atoms with van der Waals surface area (Å²) in [5.74, 6) is 2.37. The number of nitrogens with one attached hydrogen (secondary N) is 1. The van der Waals surface area contributed by atoms with E-state index in [1.165, 1.54) is 19.3 Å². The van der Waals surface area contributed by atoms with Gasteiger partial charge in [-0.25, -0.2) is 8.42 Å². The zero-order valence-corrected chi connectivity index (χ0v) is 11.8. The molecule has 17 heavy (non-hydrogen) atoms. The van der Waals surface area contributed by atoms with E-state index in [2.05, 4.69) is 19.2 Å². The second-order valence-electron chi connectivity index (χ2n) is 5.80. The molecule has 0 spiro atoms. The molecule has 0 amide bonds. The van der Waals surface area contributed by atoms with Crippen molar-refractivity contribution in [3.63, 3.8) is 0 Å². The maximum Gasteiger partial charge on any atom is 0.150 e. The summed E-state index contributed by atoms with van der Waals surface area (Å²) in [5, 5.41) is 3.71. The summed E-state index contributed by atoms with van der Waals surface area (Å²) >= 11 is 0. The van der Waals surface area contributed by atoms with E-state index in [1.807, 2.05) is 0 Å². The molecule has 100 valence electrons. The maximum atomic E-state index is 11.4. The van der Waals surface area contributed by atoms with Gasteiger partial charge in [0.15, 0.2) is 0 Å². The summed E-state index contributed by atoms with van der Waals surface area (Å²) in [7, 11) is -2.72. The zero-order chi connectivity index (χ0) is 12.5. The van der Waals surface area contributed by atoms with Crippen molar-refractivity contribution in [2.75, 3.05) is 11.5 Å². The minimum atomic E-state index is -2.72. The lowest BCUT2D eigenvalue weighted by atomic mass is 9.93. The van der Waals surface area contributed by atoms with Crippen molar-refractivity contribution in [2.24, 2.45) is 11.8 Å². The Bertz CT molecular complexity index is 338. The lowest BCUT2D eigenvalue weighted by Gasteiger charge is -2.29. The fourth-order valence-corrected chi connectivity index (χ4v) is 4.91. The van der Waals surface area contributed by atoms with Crippen LogP contribution < -0.4 is 5.32 Å². The van der Waals surface area contributed by atoms with Gasteiger partial charge >= 0.3 is 0 Å². The molecule has 3 nitrogen and oxygen atoms in total. The van der Waals surface area contributed by atoms with Gasteiger partial charge in [0.25, 0.3) is 0 Å². The normalized spacial score (nSPS) is 38.4. The monoisotopic (exact) mass is 259 g/mol. The number of sulfone groups is 1. The molecular weight excluding hydrogens is 234 g/mol. The first kappa shape index (κ1) is 13.3. The van der Waals surface area contributed by atoms with Crippen LogP contribution in [0.1, 0.15) is 46.0 Å². The molecule has 3 unspecified atom stereocenters. The molecule has 2 aliphatic rings. The molecule has 0 aromatic rings. The summed E-state index contributed by atoms with van der Waals surface area (Å²) in [6.07, 6.45) is 5.49. The molecule has 1 heterocycles. The van der Waals surface area contributed by atoms with Crippen LogP contribution in [0.4, 0.5) is 0 Å². The van der Waals surface area contributed by atoms with E-state index in [4.69, 9.17) is 0 Å². The van der Waals surface area contributed by atoms with E-state index in [9.17, 15) is 8.42 Å². The molecule has 0 radical (unpaired) electrons.